The molecule has 1 aromatic rings. The van der Waals surface area contributed by atoms with Crippen LogP contribution >= 0.6 is 11.6 Å². The minimum atomic E-state index is 0.0950. The van der Waals surface area contributed by atoms with Gasteiger partial charge in [-0.1, -0.05) is 25.4 Å². The predicted octanol–water partition coefficient (Wildman–Crippen LogP) is 4.03. The quantitative estimate of drug-likeness (QED) is 0.909. The highest BCUT2D eigenvalue weighted by Gasteiger charge is 2.23. The summed E-state index contributed by atoms with van der Waals surface area (Å²) in [5, 5.41) is 3.93. The van der Waals surface area contributed by atoms with E-state index in [1.165, 1.54) is 6.42 Å². The van der Waals surface area contributed by atoms with Crippen molar-refractivity contribution in [2.45, 2.75) is 33.1 Å². The molecule has 0 radical (unpaired) electrons. The van der Waals surface area contributed by atoms with Crippen LogP contribution in [-0.2, 0) is 0 Å². The molecule has 0 spiro atoms. The van der Waals surface area contributed by atoms with Crippen molar-refractivity contribution in [3.8, 4) is 0 Å². The summed E-state index contributed by atoms with van der Waals surface area (Å²) in [4.78, 5) is 14.7. The van der Waals surface area contributed by atoms with E-state index in [-0.39, 0.29) is 5.91 Å². The smallest absolute Gasteiger partial charge is 0.256 e. The van der Waals surface area contributed by atoms with Crippen molar-refractivity contribution in [1.82, 2.24) is 4.90 Å². The molecule has 2 rings (SSSR count). The molecule has 1 saturated heterocycles. The Hall–Kier alpha value is -1.22. The van der Waals surface area contributed by atoms with Crippen LogP contribution in [0.25, 0.3) is 0 Å². The third-order valence-corrected chi connectivity index (χ3v) is 3.96. The first kappa shape index (κ1) is 15.2. The Kier molecular flexibility index (Phi) is 5.30. The highest BCUT2D eigenvalue weighted by atomic mass is 35.5. The van der Waals surface area contributed by atoms with E-state index >= 15 is 0 Å². The van der Waals surface area contributed by atoms with E-state index in [0.29, 0.717) is 16.5 Å². The zero-order valence-corrected chi connectivity index (χ0v) is 13.0. The number of carbonyl (C=O) groups is 1. The van der Waals surface area contributed by atoms with Crippen molar-refractivity contribution >= 4 is 23.2 Å². The molecule has 0 bridgehead atoms. The van der Waals surface area contributed by atoms with Gasteiger partial charge in [-0.05, 0) is 43.4 Å². The minimum Gasteiger partial charge on any atom is -0.384 e. The average Bonchev–Trinajstić information content (AvgIpc) is 2.45. The van der Waals surface area contributed by atoms with E-state index in [1.807, 2.05) is 17.0 Å². The summed E-state index contributed by atoms with van der Waals surface area (Å²) in [7, 11) is 0. The van der Waals surface area contributed by atoms with Gasteiger partial charge < -0.3 is 10.2 Å². The lowest BCUT2D eigenvalue weighted by Gasteiger charge is -2.31. The van der Waals surface area contributed by atoms with Gasteiger partial charge in [0.25, 0.3) is 5.91 Å². The number of rotatable bonds is 4. The van der Waals surface area contributed by atoms with Crippen molar-refractivity contribution in [2.75, 3.05) is 25.0 Å². The topological polar surface area (TPSA) is 32.3 Å². The monoisotopic (exact) mass is 294 g/mol. The van der Waals surface area contributed by atoms with Gasteiger partial charge >= 0.3 is 0 Å². The Morgan fingerprint density at radius 2 is 2.30 bits per heavy atom. The summed E-state index contributed by atoms with van der Waals surface area (Å²) in [5.41, 5.74) is 1.58. The molecule has 0 aliphatic carbocycles. The van der Waals surface area contributed by atoms with Crippen LogP contribution in [0.1, 0.15) is 43.5 Å². The number of carbonyl (C=O) groups excluding carboxylic acids is 1. The first-order valence-electron chi connectivity index (χ1n) is 7.44. The highest BCUT2D eigenvalue weighted by molar-refractivity contribution is 6.31. The van der Waals surface area contributed by atoms with Crippen molar-refractivity contribution in [3.63, 3.8) is 0 Å². The lowest BCUT2D eigenvalue weighted by Crippen LogP contribution is -2.39. The number of likely N-dealkylation sites (tertiary alicyclic amines) is 1. The van der Waals surface area contributed by atoms with E-state index in [0.717, 1.165) is 38.2 Å². The van der Waals surface area contributed by atoms with Gasteiger partial charge in [0.05, 0.1) is 5.56 Å². The second kappa shape index (κ2) is 6.98. The van der Waals surface area contributed by atoms with Crippen LogP contribution in [0, 0.1) is 5.92 Å². The third kappa shape index (κ3) is 3.66. The summed E-state index contributed by atoms with van der Waals surface area (Å²) in [6, 6.07) is 5.51. The van der Waals surface area contributed by atoms with Crippen LogP contribution in [0.2, 0.25) is 5.02 Å². The molecule has 1 aromatic carbocycles. The fourth-order valence-electron chi connectivity index (χ4n) is 2.65. The number of benzene rings is 1. The Balaban J connectivity index is 2.20. The second-order valence-electron chi connectivity index (χ2n) is 5.62. The summed E-state index contributed by atoms with van der Waals surface area (Å²) < 4.78 is 0. The first-order chi connectivity index (χ1) is 9.61. The number of nitrogens with zero attached hydrogens (tertiary/aromatic N) is 1. The van der Waals surface area contributed by atoms with Crippen molar-refractivity contribution in [1.29, 1.82) is 0 Å². The number of anilines is 1. The molecule has 4 heteroatoms. The maximum atomic E-state index is 12.7. The Labute approximate surface area is 126 Å². The molecule has 20 heavy (non-hydrogen) atoms. The zero-order valence-electron chi connectivity index (χ0n) is 12.3. The van der Waals surface area contributed by atoms with E-state index in [9.17, 15) is 4.79 Å². The minimum absolute atomic E-state index is 0.0950. The van der Waals surface area contributed by atoms with Gasteiger partial charge in [0, 0.05) is 30.3 Å². The van der Waals surface area contributed by atoms with Gasteiger partial charge in [-0.15, -0.1) is 0 Å². The van der Waals surface area contributed by atoms with Gasteiger partial charge in [0.1, 0.15) is 0 Å². The number of halogens is 1. The number of nitrogens with one attached hydrogen (secondary N) is 1. The van der Waals surface area contributed by atoms with Crippen LogP contribution in [0.5, 0.6) is 0 Å². The Morgan fingerprint density at radius 3 is 3.00 bits per heavy atom. The molecule has 110 valence electrons. The molecule has 1 N–H and O–H groups in total. The highest BCUT2D eigenvalue weighted by Crippen LogP contribution is 2.25. The van der Waals surface area contributed by atoms with E-state index in [1.54, 1.807) is 6.07 Å². The Morgan fingerprint density at radius 1 is 1.50 bits per heavy atom. The zero-order chi connectivity index (χ0) is 14.5. The first-order valence-corrected chi connectivity index (χ1v) is 7.82. The predicted molar refractivity (Wildman–Crippen MR) is 84.5 cm³/mol. The maximum absolute atomic E-state index is 12.7. The fraction of sp³-hybridized carbons (Fsp3) is 0.562. The van der Waals surface area contributed by atoms with Crippen LogP contribution in [-0.4, -0.2) is 30.4 Å². The third-order valence-electron chi connectivity index (χ3n) is 3.72. The van der Waals surface area contributed by atoms with Gasteiger partial charge in [-0.3, -0.25) is 4.79 Å². The number of hydrogen-bond acceptors (Lipinski definition) is 2. The standard InChI is InChI=1S/C16H23ClN2O/c1-3-8-18-15-7-6-13(17)10-14(15)16(20)19-9-4-5-12(2)11-19/h6-7,10,12,18H,3-5,8-9,11H2,1-2H3. The number of piperidine rings is 1. The van der Waals surface area contributed by atoms with Gasteiger partial charge in [0.2, 0.25) is 0 Å². The van der Waals surface area contributed by atoms with Crippen molar-refractivity contribution in [2.24, 2.45) is 5.92 Å². The second-order valence-corrected chi connectivity index (χ2v) is 6.05. The van der Waals surface area contributed by atoms with Crippen LogP contribution < -0.4 is 5.32 Å². The molecule has 3 nitrogen and oxygen atoms in total. The summed E-state index contributed by atoms with van der Waals surface area (Å²) in [6.07, 6.45) is 3.32. The molecule has 0 saturated carbocycles. The molecular weight excluding hydrogens is 272 g/mol. The van der Waals surface area contributed by atoms with Gasteiger partial charge in [0.15, 0.2) is 0 Å². The van der Waals surface area contributed by atoms with E-state index in [4.69, 9.17) is 11.6 Å². The molecule has 1 fully saturated rings. The largest absolute Gasteiger partial charge is 0.384 e. The van der Waals surface area contributed by atoms with Crippen molar-refractivity contribution < 1.29 is 4.79 Å². The molecule has 0 aromatic heterocycles. The fourth-order valence-corrected chi connectivity index (χ4v) is 2.82. The van der Waals surface area contributed by atoms with Crippen LogP contribution in [0.15, 0.2) is 18.2 Å². The molecular formula is C16H23ClN2O. The van der Waals surface area contributed by atoms with E-state index < -0.39 is 0 Å². The molecule has 1 atom stereocenters. The average molecular weight is 295 g/mol. The molecule has 1 aliphatic rings. The lowest BCUT2D eigenvalue weighted by atomic mass is 9.99. The molecule has 1 aliphatic heterocycles. The van der Waals surface area contributed by atoms with Gasteiger partial charge in [-0.2, -0.15) is 0 Å². The number of hydrogen-bond donors (Lipinski definition) is 1. The van der Waals surface area contributed by atoms with Crippen LogP contribution in [0.3, 0.4) is 0 Å². The lowest BCUT2D eigenvalue weighted by molar-refractivity contribution is 0.0684. The van der Waals surface area contributed by atoms with Crippen molar-refractivity contribution in [3.05, 3.63) is 28.8 Å². The summed E-state index contributed by atoms with van der Waals surface area (Å²) in [6.45, 7) is 6.87. The normalized spacial score (nSPS) is 18.9. The van der Waals surface area contributed by atoms with Crippen LogP contribution in [0.4, 0.5) is 5.69 Å². The van der Waals surface area contributed by atoms with E-state index in [2.05, 4.69) is 19.2 Å². The molecule has 1 heterocycles. The summed E-state index contributed by atoms with van der Waals surface area (Å²) in [5.74, 6) is 0.677. The SMILES string of the molecule is CCCNc1ccc(Cl)cc1C(=O)N1CCCC(C)C1. The number of amides is 1. The molecule has 1 amide bonds. The Bertz CT molecular complexity index is 476. The summed E-state index contributed by atoms with van der Waals surface area (Å²) >= 11 is 6.06. The van der Waals surface area contributed by atoms with Gasteiger partial charge in [-0.25, -0.2) is 0 Å². The molecule has 1 unspecified atom stereocenters. The maximum Gasteiger partial charge on any atom is 0.256 e.